The van der Waals surface area contributed by atoms with E-state index in [1.54, 1.807) is 0 Å². The number of halogens is 1. The number of nitrogens with one attached hydrogen (secondary N) is 1. The standard InChI is InChI=1S/C39H42FN3O6S/c1-28-9-8-12-30(23-28)26-42(35(24-29-10-4-2-5-11-29)39(45)41-32-13-6-3-7-14-32)38(44)27-43(33-17-15-31(40)16-18-33)50(46,47)34-19-20-36-37(25-34)49-22-21-48-36/h2,4-5,8-12,15-20,23,25,32,35H,3,6-7,13-14,21-22,24,26-27H2,1H3,(H,41,45)/t35-/m0/s1. The van der Waals surface area contributed by atoms with E-state index in [4.69, 9.17) is 9.47 Å². The van der Waals surface area contributed by atoms with Crippen LogP contribution >= 0.6 is 0 Å². The zero-order valence-corrected chi connectivity index (χ0v) is 28.9. The first kappa shape index (κ1) is 34.9. The predicted octanol–water partition coefficient (Wildman–Crippen LogP) is 6.19. The summed E-state index contributed by atoms with van der Waals surface area (Å²) in [7, 11) is -4.41. The number of carbonyl (C=O) groups is 2. The van der Waals surface area contributed by atoms with E-state index in [-0.39, 0.29) is 47.9 Å². The van der Waals surface area contributed by atoms with Crippen molar-refractivity contribution in [3.8, 4) is 11.5 Å². The molecule has 0 saturated heterocycles. The molecule has 1 atom stereocenters. The van der Waals surface area contributed by atoms with Gasteiger partial charge in [0.05, 0.1) is 10.6 Å². The monoisotopic (exact) mass is 699 g/mol. The summed E-state index contributed by atoms with van der Waals surface area (Å²) in [5.41, 5.74) is 2.73. The Morgan fingerprint density at radius 2 is 1.54 bits per heavy atom. The summed E-state index contributed by atoms with van der Waals surface area (Å²) in [6, 6.07) is 25.4. The van der Waals surface area contributed by atoms with E-state index in [0.29, 0.717) is 12.4 Å². The van der Waals surface area contributed by atoms with Gasteiger partial charge in [0, 0.05) is 25.1 Å². The Morgan fingerprint density at radius 1 is 0.840 bits per heavy atom. The fourth-order valence-corrected chi connectivity index (χ4v) is 7.98. The molecule has 2 aliphatic rings. The summed E-state index contributed by atoms with van der Waals surface area (Å²) < 4.78 is 55.1. The summed E-state index contributed by atoms with van der Waals surface area (Å²) in [6.07, 6.45) is 5.11. The normalized spacial score (nSPS) is 15.2. The van der Waals surface area contributed by atoms with Crippen molar-refractivity contribution in [1.29, 1.82) is 0 Å². The van der Waals surface area contributed by atoms with Crippen LogP contribution in [0.2, 0.25) is 0 Å². The first-order valence-corrected chi connectivity index (χ1v) is 18.5. The van der Waals surface area contributed by atoms with E-state index in [1.165, 1.54) is 35.2 Å². The fourth-order valence-electron chi connectivity index (χ4n) is 6.55. The average molecular weight is 700 g/mol. The molecule has 262 valence electrons. The number of carbonyl (C=O) groups excluding carboxylic acids is 2. The molecule has 1 aliphatic heterocycles. The van der Waals surface area contributed by atoms with Crippen molar-refractivity contribution >= 4 is 27.5 Å². The highest BCUT2D eigenvalue weighted by atomic mass is 32.2. The molecule has 4 aromatic carbocycles. The second-order valence-electron chi connectivity index (χ2n) is 12.9. The number of amides is 2. The van der Waals surface area contributed by atoms with E-state index in [9.17, 15) is 22.4 Å². The fraction of sp³-hybridized carbons (Fsp3) is 0.333. The number of fused-ring (bicyclic) bond motifs is 1. The Balaban J connectivity index is 1.40. The van der Waals surface area contributed by atoms with Gasteiger partial charge in [0.1, 0.15) is 31.6 Å². The lowest BCUT2D eigenvalue weighted by atomic mass is 9.94. The van der Waals surface area contributed by atoms with Gasteiger partial charge in [-0.25, -0.2) is 12.8 Å². The molecule has 1 fully saturated rings. The lowest BCUT2D eigenvalue weighted by Gasteiger charge is -2.35. The molecule has 2 amide bonds. The van der Waals surface area contributed by atoms with Crippen LogP contribution in [-0.4, -0.2) is 57.0 Å². The predicted molar refractivity (Wildman–Crippen MR) is 189 cm³/mol. The van der Waals surface area contributed by atoms with Crippen molar-refractivity contribution in [2.24, 2.45) is 0 Å². The van der Waals surface area contributed by atoms with Gasteiger partial charge >= 0.3 is 0 Å². The minimum Gasteiger partial charge on any atom is -0.486 e. The number of benzene rings is 4. The molecular formula is C39H42FN3O6S. The molecule has 0 radical (unpaired) electrons. The third kappa shape index (κ3) is 8.45. The lowest BCUT2D eigenvalue weighted by molar-refractivity contribution is -0.140. The Hall–Kier alpha value is -4.90. The Bertz CT molecular complexity index is 1900. The minimum atomic E-state index is -4.41. The zero-order chi connectivity index (χ0) is 35.1. The smallest absolute Gasteiger partial charge is 0.264 e. The minimum absolute atomic E-state index is 0.00301. The van der Waals surface area contributed by atoms with Crippen LogP contribution in [0.5, 0.6) is 11.5 Å². The number of ether oxygens (including phenoxy) is 2. The molecule has 4 aromatic rings. The maximum Gasteiger partial charge on any atom is 0.264 e. The first-order chi connectivity index (χ1) is 24.2. The second-order valence-corrected chi connectivity index (χ2v) is 14.7. The maximum atomic E-state index is 14.7. The van der Waals surface area contributed by atoms with Gasteiger partial charge in [0.25, 0.3) is 10.0 Å². The van der Waals surface area contributed by atoms with Crippen LogP contribution in [0, 0.1) is 12.7 Å². The molecule has 6 rings (SSSR count). The van der Waals surface area contributed by atoms with Crippen molar-refractivity contribution < 1.29 is 31.9 Å². The molecule has 0 bridgehead atoms. The van der Waals surface area contributed by atoms with Crippen LogP contribution < -0.4 is 19.1 Å². The van der Waals surface area contributed by atoms with Crippen LogP contribution in [0.3, 0.4) is 0 Å². The summed E-state index contributed by atoms with van der Waals surface area (Å²) >= 11 is 0. The van der Waals surface area contributed by atoms with Gasteiger partial charge < -0.3 is 19.7 Å². The number of nitrogens with zero attached hydrogens (tertiary/aromatic N) is 2. The molecule has 9 nitrogen and oxygen atoms in total. The summed E-state index contributed by atoms with van der Waals surface area (Å²) in [5, 5.41) is 3.22. The number of hydrogen-bond donors (Lipinski definition) is 1. The van der Waals surface area contributed by atoms with E-state index < -0.39 is 34.3 Å². The van der Waals surface area contributed by atoms with E-state index in [1.807, 2.05) is 61.5 Å². The van der Waals surface area contributed by atoms with Gasteiger partial charge in [-0.1, -0.05) is 79.4 Å². The van der Waals surface area contributed by atoms with E-state index in [0.717, 1.165) is 65.2 Å². The molecule has 1 N–H and O–H groups in total. The SMILES string of the molecule is Cc1cccc(CN(C(=O)CN(c2ccc(F)cc2)S(=O)(=O)c2ccc3c(c2)OCCO3)[C@@H](Cc2ccccc2)C(=O)NC2CCCCC2)c1. The van der Waals surface area contributed by atoms with Crippen molar-refractivity contribution in [1.82, 2.24) is 10.2 Å². The third-order valence-corrected chi connectivity index (χ3v) is 10.9. The van der Waals surface area contributed by atoms with Crippen LogP contribution in [0.25, 0.3) is 0 Å². The van der Waals surface area contributed by atoms with Gasteiger partial charge in [-0.15, -0.1) is 0 Å². The number of hydrogen-bond acceptors (Lipinski definition) is 6. The summed E-state index contributed by atoms with van der Waals surface area (Å²) in [6.45, 7) is 1.97. The van der Waals surface area contributed by atoms with E-state index in [2.05, 4.69) is 5.32 Å². The van der Waals surface area contributed by atoms with Gasteiger partial charge in [0.15, 0.2) is 11.5 Å². The molecule has 0 unspecified atom stereocenters. The maximum absolute atomic E-state index is 14.7. The van der Waals surface area contributed by atoms with Crippen molar-refractivity contribution in [2.45, 2.75) is 69.0 Å². The lowest BCUT2D eigenvalue weighted by Crippen LogP contribution is -2.55. The van der Waals surface area contributed by atoms with Crippen LogP contribution in [0.15, 0.2) is 102 Å². The molecular weight excluding hydrogens is 658 g/mol. The summed E-state index contributed by atoms with van der Waals surface area (Å²) in [4.78, 5) is 30.4. The first-order valence-electron chi connectivity index (χ1n) is 17.0. The number of rotatable bonds is 12. The van der Waals surface area contributed by atoms with E-state index >= 15 is 0 Å². The van der Waals surface area contributed by atoms with Crippen molar-refractivity contribution in [3.05, 3.63) is 120 Å². The number of aryl methyl sites for hydroxylation is 1. The second kappa shape index (κ2) is 15.8. The molecule has 50 heavy (non-hydrogen) atoms. The topological polar surface area (TPSA) is 105 Å². The molecule has 0 spiro atoms. The Morgan fingerprint density at radius 3 is 2.26 bits per heavy atom. The largest absolute Gasteiger partial charge is 0.486 e. The van der Waals surface area contributed by atoms with Gasteiger partial charge in [-0.2, -0.15) is 0 Å². The van der Waals surface area contributed by atoms with Crippen molar-refractivity contribution in [2.75, 3.05) is 24.1 Å². The zero-order valence-electron chi connectivity index (χ0n) is 28.1. The molecule has 1 aliphatic carbocycles. The van der Waals surface area contributed by atoms with Gasteiger partial charge in [0.2, 0.25) is 11.8 Å². The Kier molecular flexibility index (Phi) is 11.0. The number of anilines is 1. The average Bonchev–Trinajstić information content (AvgIpc) is 3.13. The quantitative estimate of drug-likeness (QED) is 0.189. The van der Waals surface area contributed by atoms with Crippen LogP contribution in [0.4, 0.5) is 10.1 Å². The van der Waals surface area contributed by atoms with Crippen molar-refractivity contribution in [3.63, 3.8) is 0 Å². The highest BCUT2D eigenvalue weighted by Gasteiger charge is 2.36. The Labute approximate surface area is 293 Å². The van der Waals surface area contributed by atoms with Crippen LogP contribution in [0.1, 0.15) is 48.8 Å². The highest BCUT2D eigenvalue weighted by molar-refractivity contribution is 7.92. The molecule has 1 saturated carbocycles. The highest BCUT2D eigenvalue weighted by Crippen LogP contribution is 2.34. The number of sulfonamides is 1. The summed E-state index contributed by atoms with van der Waals surface area (Å²) in [5.74, 6) is -0.746. The van der Waals surface area contributed by atoms with Gasteiger partial charge in [-0.3, -0.25) is 13.9 Å². The van der Waals surface area contributed by atoms with Gasteiger partial charge in [-0.05, 0) is 67.3 Å². The molecule has 0 aromatic heterocycles. The third-order valence-electron chi connectivity index (χ3n) is 9.15. The van der Waals surface area contributed by atoms with Crippen LogP contribution in [-0.2, 0) is 32.6 Å². The molecule has 1 heterocycles. The molecule has 11 heteroatoms.